The number of nitrogens with zero attached hydrogens (tertiary/aromatic N) is 7. The number of sulfonamides is 1. The standard InChI is InChI=1S/C27H30FN9O4S2/c28-19-16-18(43(39,40)35-7-5-30-6-8-35)3-4-21(19)34-12-9-33(10-13-34)11-14-36-25-24(42-27(36)38)22-17-20(23-2-1-15-41-23)32-37(22)26(29)31-25/h1-4,15-17,30H,5-14H2,(H2,29,31). The molecule has 0 saturated carbocycles. The fraction of sp³-hybridized carbons (Fsp3) is 0.370. The van der Waals surface area contributed by atoms with E-state index in [1.54, 1.807) is 29.0 Å². The number of fused-ring (bicyclic) bond motifs is 3. The molecular formula is C27H30FN9O4S2. The molecule has 0 spiro atoms. The van der Waals surface area contributed by atoms with Gasteiger partial charge in [-0.1, -0.05) is 11.3 Å². The molecule has 4 aromatic heterocycles. The highest BCUT2D eigenvalue weighted by molar-refractivity contribution is 7.89. The van der Waals surface area contributed by atoms with Crippen LogP contribution in [0.4, 0.5) is 16.0 Å². The molecule has 0 bridgehead atoms. The van der Waals surface area contributed by atoms with Crippen LogP contribution in [0.25, 0.3) is 27.3 Å². The molecule has 7 rings (SSSR count). The number of nitrogens with one attached hydrogen (secondary N) is 1. The fourth-order valence-electron chi connectivity index (χ4n) is 5.68. The monoisotopic (exact) mass is 627 g/mol. The zero-order valence-corrected chi connectivity index (χ0v) is 24.8. The minimum Gasteiger partial charge on any atom is -0.463 e. The number of nitrogen functional groups attached to an aromatic ring is 1. The number of thiazole rings is 1. The molecule has 0 atom stereocenters. The summed E-state index contributed by atoms with van der Waals surface area (Å²) in [4.78, 5) is 21.5. The number of benzene rings is 1. The zero-order chi connectivity index (χ0) is 29.7. The third-order valence-electron chi connectivity index (χ3n) is 8.01. The summed E-state index contributed by atoms with van der Waals surface area (Å²) < 4.78 is 51.8. The molecule has 0 unspecified atom stereocenters. The molecule has 0 aliphatic carbocycles. The van der Waals surface area contributed by atoms with E-state index >= 15 is 4.39 Å². The van der Waals surface area contributed by atoms with Gasteiger partial charge in [-0.15, -0.1) is 0 Å². The third-order valence-corrected chi connectivity index (χ3v) is 10.9. The Morgan fingerprint density at radius 1 is 1.05 bits per heavy atom. The topological polar surface area (TPSA) is 147 Å². The summed E-state index contributed by atoms with van der Waals surface area (Å²) in [7, 11) is -3.74. The predicted molar refractivity (Wildman–Crippen MR) is 161 cm³/mol. The average molecular weight is 628 g/mol. The van der Waals surface area contributed by atoms with Crippen LogP contribution in [-0.4, -0.2) is 95.7 Å². The number of furan rings is 1. The van der Waals surface area contributed by atoms with Crippen molar-refractivity contribution in [1.82, 2.24) is 33.7 Å². The fourth-order valence-corrected chi connectivity index (χ4v) is 8.10. The summed E-state index contributed by atoms with van der Waals surface area (Å²) in [5.74, 6) is 0.221. The van der Waals surface area contributed by atoms with E-state index in [1.165, 1.54) is 14.9 Å². The first-order valence-electron chi connectivity index (χ1n) is 14.0. The molecule has 1 aromatic carbocycles. The Labute approximate surface area is 250 Å². The lowest BCUT2D eigenvalue weighted by Crippen LogP contribution is -2.48. The predicted octanol–water partition coefficient (Wildman–Crippen LogP) is 1.50. The first kappa shape index (κ1) is 28.0. The van der Waals surface area contributed by atoms with E-state index in [0.717, 1.165) is 17.4 Å². The Bertz CT molecular complexity index is 1960. The Kier molecular flexibility index (Phi) is 7.17. The maximum atomic E-state index is 15.2. The van der Waals surface area contributed by atoms with Gasteiger partial charge in [-0.3, -0.25) is 14.3 Å². The molecule has 2 fully saturated rings. The second kappa shape index (κ2) is 11.0. The van der Waals surface area contributed by atoms with Crippen LogP contribution in [0.15, 0.2) is 56.8 Å². The quantitative estimate of drug-likeness (QED) is 0.272. The number of aromatic nitrogens is 4. The number of rotatable bonds is 7. The Morgan fingerprint density at radius 2 is 1.84 bits per heavy atom. The molecule has 0 radical (unpaired) electrons. The molecule has 2 saturated heterocycles. The maximum Gasteiger partial charge on any atom is 0.309 e. The van der Waals surface area contributed by atoms with Crippen molar-refractivity contribution in [2.24, 2.45) is 0 Å². The Morgan fingerprint density at radius 3 is 2.56 bits per heavy atom. The van der Waals surface area contributed by atoms with Gasteiger partial charge in [0.2, 0.25) is 16.0 Å². The van der Waals surface area contributed by atoms with E-state index in [-0.39, 0.29) is 15.7 Å². The molecule has 2 aliphatic rings. The van der Waals surface area contributed by atoms with E-state index in [0.29, 0.717) is 98.5 Å². The number of hydrogen-bond acceptors (Lipinski definition) is 11. The SMILES string of the molecule is Nc1nc2c(sc(=O)n2CCN2CCN(c3ccc(S(=O)(=O)N4CCNCC4)cc3F)CC2)c2cc(-c3ccco3)nn12. The van der Waals surface area contributed by atoms with E-state index in [4.69, 9.17) is 10.2 Å². The summed E-state index contributed by atoms with van der Waals surface area (Å²) in [5, 5.41) is 7.62. The highest BCUT2D eigenvalue weighted by atomic mass is 32.2. The Hall–Kier alpha value is -3.83. The van der Waals surface area contributed by atoms with Crippen molar-refractivity contribution in [3.63, 3.8) is 0 Å². The molecular weight excluding hydrogens is 597 g/mol. The summed E-state index contributed by atoms with van der Waals surface area (Å²) in [6.07, 6.45) is 1.57. The van der Waals surface area contributed by atoms with Gasteiger partial charge in [0.1, 0.15) is 16.2 Å². The van der Waals surface area contributed by atoms with Crippen LogP contribution in [0, 0.1) is 5.82 Å². The average Bonchev–Trinajstić information content (AvgIpc) is 3.77. The van der Waals surface area contributed by atoms with Crippen LogP contribution in [-0.2, 0) is 16.6 Å². The Balaban J connectivity index is 1.03. The molecule has 0 amide bonds. The minimum absolute atomic E-state index is 0.0256. The zero-order valence-electron chi connectivity index (χ0n) is 23.1. The molecule has 6 heterocycles. The van der Waals surface area contributed by atoms with Crippen molar-refractivity contribution >= 4 is 48.9 Å². The van der Waals surface area contributed by atoms with Crippen molar-refractivity contribution in [2.75, 3.05) is 69.5 Å². The van der Waals surface area contributed by atoms with Crippen LogP contribution in [0.2, 0.25) is 0 Å². The van der Waals surface area contributed by atoms with Crippen LogP contribution >= 0.6 is 11.3 Å². The van der Waals surface area contributed by atoms with Crippen molar-refractivity contribution in [3.05, 3.63) is 58.1 Å². The normalized spacial score (nSPS) is 17.4. The number of anilines is 2. The molecule has 5 aromatic rings. The van der Waals surface area contributed by atoms with Gasteiger partial charge in [-0.25, -0.2) is 12.8 Å². The van der Waals surface area contributed by atoms with Crippen LogP contribution < -0.4 is 20.8 Å². The van der Waals surface area contributed by atoms with Gasteiger partial charge in [0.05, 0.1) is 22.4 Å². The first-order valence-corrected chi connectivity index (χ1v) is 16.3. The van der Waals surface area contributed by atoms with Crippen molar-refractivity contribution in [2.45, 2.75) is 11.4 Å². The maximum absolute atomic E-state index is 15.2. The molecule has 2 aliphatic heterocycles. The lowest BCUT2D eigenvalue weighted by atomic mass is 10.2. The third kappa shape index (κ3) is 5.08. The summed E-state index contributed by atoms with van der Waals surface area (Å²) >= 11 is 1.11. The van der Waals surface area contributed by atoms with E-state index in [2.05, 4.69) is 20.3 Å². The second-order valence-corrected chi connectivity index (χ2v) is 13.4. The smallest absolute Gasteiger partial charge is 0.309 e. The lowest BCUT2D eigenvalue weighted by Gasteiger charge is -2.36. The largest absolute Gasteiger partial charge is 0.463 e. The van der Waals surface area contributed by atoms with Gasteiger partial charge in [-0.05, 0) is 36.4 Å². The molecule has 13 nitrogen and oxygen atoms in total. The van der Waals surface area contributed by atoms with E-state index < -0.39 is 15.8 Å². The highest BCUT2D eigenvalue weighted by Gasteiger charge is 2.28. The van der Waals surface area contributed by atoms with Crippen LogP contribution in [0.3, 0.4) is 0 Å². The first-order chi connectivity index (χ1) is 20.8. The number of hydrogen-bond donors (Lipinski definition) is 2. The second-order valence-electron chi connectivity index (χ2n) is 10.5. The summed E-state index contributed by atoms with van der Waals surface area (Å²) in [6.45, 7) is 5.37. The minimum atomic E-state index is -3.74. The van der Waals surface area contributed by atoms with Crippen LogP contribution in [0.5, 0.6) is 0 Å². The van der Waals surface area contributed by atoms with Crippen molar-refractivity contribution in [1.29, 1.82) is 0 Å². The summed E-state index contributed by atoms with van der Waals surface area (Å²) in [6, 6.07) is 9.59. The summed E-state index contributed by atoms with van der Waals surface area (Å²) in [5.41, 5.74) is 8.42. The van der Waals surface area contributed by atoms with Gasteiger partial charge in [0.25, 0.3) is 0 Å². The number of piperazine rings is 2. The van der Waals surface area contributed by atoms with Crippen molar-refractivity contribution < 1.29 is 17.2 Å². The van der Waals surface area contributed by atoms with Gasteiger partial charge >= 0.3 is 4.87 Å². The van der Waals surface area contributed by atoms with Crippen molar-refractivity contribution in [3.8, 4) is 11.5 Å². The van der Waals surface area contributed by atoms with E-state index in [1.807, 2.05) is 11.0 Å². The number of halogens is 1. The molecule has 16 heteroatoms. The van der Waals surface area contributed by atoms with Crippen LogP contribution in [0.1, 0.15) is 0 Å². The van der Waals surface area contributed by atoms with Gasteiger partial charge in [0, 0.05) is 65.4 Å². The van der Waals surface area contributed by atoms with E-state index in [9.17, 15) is 13.2 Å². The molecule has 226 valence electrons. The van der Waals surface area contributed by atoms with Gasteiger partial charge in [0.15, 0.2) is 11.4 Å². The highest BCUT2D eigenvalue weighted by Crippen LogP contribution is 2.29. The number of nitrogens with two attached hydrogens (primary N) is 1. The van der Waals surface area contributed by atoms with Gasteiger partial charge in [-0.2, -0.15) is 18.9 Å². The lowest BCUT2D eigenvalue weighted by molar-refractivity contribution is 0.248. The molecule has 43 heavy (non-hydrogen) atoms. The molecule has 3 N–H and O–H groups in total. The van der Waals surface area contributed by atoms with Gasteiger partial charge < -0.3 is 20.4 Å².